The summed E-state index contributed by atoms with van der Waals surface area (Å²) in [4.78, 5) is 31.4. The lowest BCUT2D eigenvalue weighted by Gasteiger charge is -2.41. The van der Waals surface area contributed by atoms with Crippen molar-refractivity contribution >= 4 is 23.2 Å². The first kappa shape index (κ1) is 27.4. The number of rotatable bonds is 5. The first-order valence-corrected chi connectivity index (χ1v) is 13.2. The van der Waals surface area contributed by atoms with Gasteiger partial charge in [-0.25, -0.2) is 4.39 Å². The number of benzene rings is 3. The van der Waals surface area contributed by atoms with Gasteiger partial charge in [0, 0.05) is 32.0 Å². The molecule has 1 aliphatic heterocycles. The molecule has 2 amide bonds. The van der Waals surface area contributed by atoms with E-state index in [4.69, 9.17) is 0 Å². The van der Waals surface area contributed by atoms with Crippen LogP contribution in [-0.4, -0.2) is 37.4 Å². The lowest BCUT2D eigenvalue weighted by Crippen LogP contribution is -2.46. The Morgan fingerprint density at radius 2 is 1.71 bits per heavy atom. The van der Waals surface area contributed by atoms with Crippen molar-refractivity contribution in [3.8, 4) is 0 Å². The monoisotopic (exact) mass is 515 g/mol. The highest BCUT2D eigenvalue weighted by Gasteiger charge is 2.40. The van der Waals surface area contributed by atoms with E-state index in [1.54, 1.807) is 24.0 Å². The maximum Gasteiger partial charge on any atom is 0.257 e. The number of piperidine rings is 1. The molecule has 4 rings (SSSR count). The van der Waals surface area contributed by atoms with Gasteiger partial charge in [-0.1, -0.05) is 57.2 Å². The fourth-order valence-electron chi connectivity index (χ4n) is 5.24. The Kier molecular flexibility index (Phi) is 7.91. The van der Waals surface area contributed by atoms with E-state index in [1.807, 2.05) is 61.5 Å². The van der Waals surface area contributed by atoms with E-state index in [-0.39, 0.29) is 22.8 Å². The van der Waals surface area contributed by atoms with E-state index in [2.05, 4.69) is 32.2 Å². The summed E-state index contributed by atoms with van der Waals surface area (Å²) in [6.07, 6.45) is 1.28. The largest absolute Gasteiger partial charge is 0.378 e. The molecule has 1 N–H and O–H groups in total. The van der Waals surface area contributed by atoms with E-state index in [1.165, 1.54) is 6.07 Å². The van der Waals surface area contributed by atoms with E-state index in [0.29, 0.717) is 24.9 Å². The molecule has 3 aromatic rings. The van der Waals surface area contributed by atoms with Gasteiger partial charge in [0.25, 0.3) is 5.91 Å². The third-order valence-corrected chi connectivity index (χ3v) is 7.39. The molecule has 1 saturated heterocycles. The molecule has 0 spiro atoms. The number of hydrogen-bond donors (Lipinski definition) is 1. The third-order valence-electron chi connectivity index (χ3n) is 7.39. The zero-order chi connectivity index (χ0) is 27.6. The van der Waals surface area contributed by atoms with Crippen LogP contribution in [0, 0.1) is 18.7 Å². The van der Waals surface area contributed by atoms with Crippen LogP contribution in [0.3, 0.4) is 0 Å². The Bertz CT molecular complexity index is 1310. The fourth-order valence-corrected chi connectivity index (χ4v) is 5.24. The summed E-state index contributed by atoms with van der Waals surface area (Å²) < 4.78 is 14.9. The second kappa shape index (κ2) is 11.0. The zero-order valence-corrected chi connectivity index (χ0v) is 23.2. The van der Waals surface area contributed by atoms with Gasteiger partial charge in [0.2, 0.25) is 5.91 Å². The quantitative estimate of drug-likeness (QED) is 0.410. The van der Waals surface area contributed by atoms with Crippen LogP contribution in [-0.2, 0) is 10.2 Å². The molecular weight excluding hydrogens is 477 g/mol. The average molecular weight is 516 g/mol. The summed E-state index contributed by atoms with van der Waals surface area (Å²) in [6.45, 7) is 8.60. The molecule has 0 aliphatic carbocycles. The summed E-state index contributed by atoms with van der Waals surface area (Å²) in [5, 5.41) is 3.12. The van der Waals surface area contributed by atoms with Crippen LogP contribution in [0.5, 0.6) is 0 Å². The number of amides is 2. The van der Waals surface area contributed by atoms with Crippen molar-refractivity contribution in [2.24, 2.45) is 5.92 Å². The number of likely N-dealkylation sites (tertiary alicyclic amines) is 1. The molecule has 1 fully saturated rings. The Morgan fingerprint density at radius 3 is 2.39 bits per heavy atom. The second-order valence-electron chi connectivity index (χ2n) is 11.4. The van der Waals surface area contributed by atoms with Crippen LogP contribution in [0.2, 0.25) is 0 Å². The van der Waals surface area contributed by atoms with Crippen molar-refractivity contribution < 1.29 is 14.0 Å². The lowest BCUT2D eigenvalue weighted by molar-refractivity contribution is -0.123. The molecule has 6 heteroatoms. The van der Waals surface area contributed by atoms with Crippen LogP contribution >= 0.6 is 0 Å². The molecule has 38 heavy (non-hydrogen) atoms. The van der Waals surface area contributed by atoms with Gasteiger partial charge in [0.15, 0.2) is 0 Å². The van der Waals surface area contributed by atoms with Crippen molar-refractivity contribution in [3.63, 3.8) is 0 Å². The summed E-state index contributed by atoms with van der Waals surface area (Å²) in [7, 11) is 3.91. The number of carbonyl (C=O) groups is 2. The topological polar surface area (TPSA) is 52.7 Å². The van der Waals surface area contributed by atoms with Crippen LogP contribution in [0.4, 0.5) is 15.8 Å². The molecule has 0 unspecified atom stereocenters. The van der Waals surface area contributed by atoms with Gasteiger partial charge in [0.1, 0.15) is 5.82 Å². The highest BCUT2D eigenvalue weighted by Crippen LogP contribution is 2.39. The number of halogens is 1. The third kappa shape index (κ3) is 5.74. The van der Waals surface area contributed by atoms with Crippen molar-refractivity contribution in [2.75, 3.05) is 30.9 Å². The second-order valence-corrected chi connectivity index (χ2v) is 11.4. The predicted molar refractivity (Wildman–Crippen MR) is 152 cm³/mol. The van der Waals surface area contributed by atoms with Crippen molar-refractivity contribution in [1.29, 1.82) is 0 Å². The van der Waals surface area contributed by atoms with Gasteiger partial charge in [-0.2, -0.15) is 0 Å². The maximum atomic E-state index is 14.9. The van der Waals surface area contributed by atoms with E-state index in [0.717, 1.165) is 22.5 Å². The molecule has 2 atom stereocenters. The summed E-state index contributed by atoms with van der Waals surface area (Å²) in [5.41, 5.74) is 4.29. The van der Waals surface area contributed by atoms with Gasteiger partial charge in [-0.3, -0.25) is 9.59 Å². The number of nitrogens with one attached hydrogen (secondary N) is 1. The zero-order valence-electron chi connectivity index (χ0n) is 23.2. The first-order chi connectivity index (χ1) is 18.0. The minimum Gasteiger partial charge on any atom is -0.378 e. The molecular formula is C32H38FN3O2. The smallest absolute Gasteiger partial charge is 0.257 e. The van der Waals surface area contributed by atoms with Crippen molar-refractivity contribution in [1.82, 2.24) is 4.90 Å². The molecule has 1 aliphatic rings. The van der Waals surface area contributed by atoms with E-state index < -0.39 is 17.8 Å². The lowest BCUT2D eigenvalue weighted by atomic mass is 9.83. The number of aryl methyl sites for hydroxylation is 1. The van der Waals surface area contributed by atoms with Crippen LogP contribution in [0.1, 0.15) is 66.7 Å². The highest BCUT2D eigenvalue weighted by atomic mass is 19.1. The maximum absolute atomic E-state index is 14.9. The summed E-state index contributed by atoms with van der Waals surface area (Å²) in [6, 6.07) is 20.0. The first-order valence-electron chi connectivity index (χ1n) is 13.2. The molecule has 0 aromatic heterocycles. The van der Waals surface area contributed by atoms with Crippen molar-refractivity contribution in [3.05, 3.63) is 94.8 Å². The Balaban J connectivity index is 1.74. The SMILES string of the molecule is Cc1cccc(F)c1C(=O)N1CCC[C@H](C(=O)Nc2cccc(C(C)(C)C)c2)[C@@H]1c1cccc(N(C)C)c1. The van der Waals surface area contributed by atoms with Gasteiger partial charge < -0.3 is 15.1 Å². The standard InChI is InChI=1S/C32H38FN3O2/c1-21-11-7-17-27(33)28(21)31(38)36-18-10-16-26(29(36)22-12-8-15-25(19-22)35(5)6)30(37)34-24-14-9-13-23(20-24)32(2,3)4/h7-9,11-15,17,19-20,26,29H,10,16,18H2,1-6H3,(H,34,37)/t26-,29-/m0/s1. The minimum atomic E-state index is -0.540. The predicted octanol–water partition coefficient (Wildman–Crippen LogP) is 6.73. The average Bonchev–Trinajstić information content (AvgIpc) is 2.87. The number of nitrogens with zero attached hydrogens (tertiary/aromatic N) is 2. The number of hydrogen-bond acceptors (Lipinski definition) is 3. The molecule has 3 aromatic carbocycles. The molecule has 5 nitrogen and oxygen atoms in total. The van der Waals surface area contributed by atoms with Crippen molar-refractivity contribution in [2.45, 2.75) is 52.0 Å². The normalized spacial score (nSPS) is 17.7. The molecule has 200 valence electrons. The fraction of sp³-hybridized carbons (Fsp3) is 0.375. The van der Waals surface area contributed by atoms with Crippen LogP contribution in [0.15, 0.2) is 66.7 Å². The molecule has 1 heterocycles. The number of carbonyl (C=O) groups excluding carboxylic acids is 2. The van der Waals surface area contributed by atoms with E-state index in [9.17, 15) is 14.0 Å². The van der Waals surface area contributed by atoms with E-state index >= 15 is 0 Å². The summed E-state index contributed by atoms with van der Waals surface area (Å²) in [5.74, 6) is -1.55. The van der Waals surface area contributed by atoms with Gasteiger partial charge in [-0.15, -0.1) is 0 Å². The summed E-state index contributed by atoms with van der Waals surface area (Å²) >= 11 is 0. The van der Waals surface area contributed by atoms with Gasteiger partial charge in [0.05, 0.1) is 17.5 Å². The van der Waals surface area contributed by atoms with Gasteiger partial charge in [-0.05, 0) is 72.2 Å². The molecule has 0 radical (unpaired) electrons. The highest BCUT2D eigenvalue weighted by molar-refractivity contribution is 5.98. The molecule has 0 bridgehead atoms. The number of anilines is 2. The van der Waals surface area contributed by atoms with Crippen LogP contribution in [0.25, 0.3) is 0 Å². The minimum absolute atomic E-state index is 0.0540. The Morgan fingerprint density at radius 1 is 1.00 bits per heavy atom. The molecule has 0 saturated carbocycles. The Hall–Kier alpha value is -3.67. The van der Waals surface area contributed by atoms with Gasteiger partial charge >= 0.3 is 0 Å². The van der Waals surface area contributed by atoms with Crippen LogP contribution < -0.4 is 10.2 Å². The Labute approximate surface area is 225 Å².